The molecule has 0 heterocycles. The van der Waals surface area contributed by atoms with Crippen molar-refractivity contribution in [3.63, 3.8) is 0 Å². The van der Waals surface area contributed by atoms with Gasteiger partial charge in [0.05, 0.1) is 11.3 Å². The van der Waals surface area contributed by atoms with Crippen LogP contribution in [0.15, 0.2) is 24.3 Å². The van der Waals surface area contributed by atoms with Gasteiger partial charge in [-0.2, -0.15) is 0 Å². The Morgan fingerprint density at radius 1 is 1.19 bits per heavy atom. The molecule has 0 radical (unpaired) electrons. The zero-order valence-corrected chi connectivity index (χ0v) is 9.70. The second kappa shape index (κ2) is 5.30. The predicted molar refractivity (Wildman–Crippen MR) is 63.3 cm³/mol. The average Bonchev–Trinajstić information content (AvgIpc) is 2.28. The summed E-state index contributed by atoms with van der Waals surface area (Å²) in [6.07, 6.45) is 0. The molecule has 0 fully saturated rings. The van der Waals surface area contributed by atoms with Crippen LogP contribution in [-0.2, 0) is 4.79 Å². The van der Waals surface area contributed by atoms with Crippen LogP contribution in [-0.4, -0.2) is 18.9 Å². The number of anilines is 1. The lowest BCUT2D eigenvalue weighted by molar-refractivity contribution is -0.118. The number of rotatable bonds is 3. The van der Waals surface area contributed by atoms with Crippen molar-refractivity contribution in [3.05, 3.63) is 29.8 Å². The van der Waals surface area contributed by atoms with Crippen LogP contribution >= 0.6 is 0 Å². The van der Waals surface area contributed by atoms with Crippen LogP contribution < -0.4 is 10.6 Å². The van der Waals surface area contributed by atoms with E-state index in [4.69, 9.17) is 0 Å². The highest BCUT2D eigenvalue weighted by molar-refractivity contribution is 6.03. The fraction of sp³-hybridized carbons (Fsp3) is 0.333. The highest BCUT2D eigenvalue weighted by atomic mass is 16.2. The monoisotopic (exact) mass is 220 g/mol. The molecule has 0 atom stereocenters. The molecule has 1 rings (SSSR count). The molecule has 4 heteroatoms. The highest BCUT2D eigenvalue weighted by Gasteiger charge is 2.13. The van der Waals surface area contributed by atoms with E-state index in [0.29, 0.717) is 11.3 Å². The van der Waals surface area contributed by atoms with E-state index in [1.807, 2.05) is 0 Å². The Kier molecular flexibility index (Phi) is 4.05. The first-order chi connectivity index (χ1) is 7.56. The molecule has 4 nitrogen and oxygen atoms in total. The van der Waals surface area contributed by atoms with Crippen molar-refractivity contribution in [3.8, 4) is 0 Å². The van der Waals surface area contributed by atoms with Crippen LogP contribution in [0.2, 0.25) is 0 Å². The molecular weight excluding hydrogens is 204 g/mol. The number of benzene rings is 1. The molecule has 16 heavy (non-hydrogen) atoms. The molecule has 0 aromatic heterocycles. The third-order valence-electron chi connectivity index (χ3n) is 2.18. The van der Waals surface area contributed by atoms with Crippen LogP contribution in [0.25, 0.3) is 0 Å². The van der Waals surface area contributed by atoms with Crippen molar-refractivity contribution in [2.75, 3.05) is 12.4 Å². The van der Waals surface area contributed by atoms with Crippen molar-refractivity contribution in [1.82, 2.24) is 5.32 Å². The first-order valence-electron chi connectivity index (χ1n) is 5.18. The molecule has 0 bridgehead atoms. The van der Waals surface area contributed by atoms with Crippen LogP contribution in [0, 0.1) is 5.92 Å². The molecule has 1 aromatic rings. The first kappa shape index (κ1) is 12.2. The summed E-state index contributed by atoms with van der Waals surface area (Å²) in [6, 6.07) is 6.93. The Hall–Kier alpha value is -1.84. The molecule has 0 aliphatic rings. The first-order valence-corrected chi connectivity index (χ1v) is 5.18. The van der Waals surface area contributed by atoms with Crippen LogP contribution in [0.5, 0.6) is 0 Å². The van der Waals surface area contributed by atoms with E-state index in [0.717, 1.165) is 0 Å². The largest absolute Gasteiger partial charge is 0.355 e. The maximum absolute atomic E-state index is 11.5. The number of hydrogen-bond donors (Lipinski definition) is 2. The number of carbonyl (C=O) groups excluding carboxylic acids is 2. The minimum absolute atomic E-state index is 0.101. The number of nitrogens with one attached hydrogen (secondary N) is 2. The Bertz CT molecular complexity index is 400. The lowest BCUT2D eigenvalue weighted by Gasteiger charge is -2.11. The molecular formula is C12H16N2O2. The Morgan fingerprint density at radius 2 is 1.81 bits per heavy atom. The number of hydrogen-bond acceptors (Lipinski definition) is 2. The second-order valence-corrected chi connectivity index (χ2v) is 3.77. The van der Waals surface area contributed by atoms with E-state index < -0.39 is 0 Å². The average molecular weight is 220 g/mol. The van der Waals surface area contributed by atoms with Crippen molar-refractivity contribution in [2.24, 2.45) is 5.92 Å². The molecule has 86 valence electrons. The van der Waals surface area contributed by atoms with Gasteiger partial charge in [0, 0.05) is 13.0 Å². The molecule has 0 aliphatic heterocycles. The summed E-state index contributed by atoms with van der Waals surface area (Å²) >= 11 is 0. The van der Waals surface area contributed by atoms with Gasteiger partial charge in [0.2, 0.25) is 5.91 Å². The van der Waals surface area contributed by atoms with Crippen LogP contribution in [0.3, 0.4) is 0 Å². The lowest BCUT2D eigenvalue weighted by atomic mass is 10.1. The van der Waals surface area contributed by atoms with Crippen molar-refractivity contribution >= 4 is 17.5 Å². The van der Waals surface area contributed by atoms with E-state index in [1.165, 1.54) is 0 Å². The van der Waals surface area contributed by atoms with Gasteiger partial charge in [-0.1, -0.05) is 26.0 Å². The van der Waals surface area contributed by atoms with Gasteiger partial charge in [-0.25, -0.2) is 0 Å². The SMILES string of the molecule is CNC(=O)c1ccccc1NC(=O)C(C)C. The van der Waals surface area contributed by atoms with Gasteiger partial charge in [0.25, 0.3) is 5.91 Å². The van der Waals surface area contributed by atoms with Crippen molar-refractivity contribution in [1.29, 1.82) is 0 Å². The smallest absolute Gasteiger partial charge is 0.253 e. The van der Waals surface area contributed by atoms with Crippen molar-refractivity contribution < 1.29 is 9.59 Å². The summed E-state index contributed by atoms with van der Waals surface area (Å²) in [5.41, 5.74) is 1.01. The second-order valence-electron chi connectivity index (χ2n) is 3.77. The molecule has 0 saturated heterocycles. The standard InChI is InChI=1S/C12H16N2O2/c1-8(2)11(15)14-10-7-5-4-6-9(10)12(16)13-3/h4-8H,1-3H3,(H,13,16)(H,14,15). The highest BCUT2D eigenvalue weighted by Crippen LogP contribution is 2.15. The zero-order chi connectivity index (χ0) is 12.1. The summed E-state index contributed by atoms with van der Waals surface area (Å²) < 4.78 is 0. The Balaban J connectivity index is 2.95. The van der Waals surface area contributed by atoms with Gasteiger partial charge in [-0.15, -0.1) is 0 Å². The third kappa shape index (κ3) is 2.82. The maximum Gasteiger partial charge on any atom is 0.253 e. The molecule has 0 saturated carbocycles. The lowest BCUT2D eigenvalue weighted by Crippen LogP contribution is -2.23. The fourth-order valence-corrected chi connectivity index (χ4v) is 1.20. The van der Waals surface area contributed by atoms with E-state index in [1.54, 1.807) is 45.2 Å². The normalized spacial score (nSPS) is 10.0. The van der Waals surface area contributed by atoms with E-state index in [9.17, 15) is 9.59 Å². The topological polar surface area (TPSA) is 58.2 Å². The number of carbonyl (C=O) groups is 2. The quantitative estimate of drug-likeness (QED) is 0.813. The van der Waals surface area contributed by atoms with Crippen molar-refractivity contribution in [2.45, 2.75) is 13.8 Å². The fourth-order valence-electron chi connectivity index (χ4n) is 1.20. The predicted octanol–water partition coefficient (Wildman–Crippen LogP) is 1.64. The maximum atomic E-state index is 11.5. The van der Waals surface area contributed by atoms with Gasteiger partial charge in [-0.3, -0.25) is 9.59 Å². The summed E-state index contributed by atoms with van der Waals surface area (Å²) in [6.45, 7) is 3.61. The van der Waals surface area contributed by atoms with Gasteiger partial charge in [0.1, 0.15) is 0 Å². The Morgan fingerprint density at radius 3 is 2.38 bits per heavy atom. The summed E-state index contributed by atoms with van der Waals surface area (Å²) in [7, 11) is 1.56. The van der Waals surface area contributed by atoms with Crippen LogP contribution in [0.4, 0.5) is 5.69 Å². The van der Waals surface area contributed by atoms with Gasteiger partial charge >= 0.3 is 0 Å². The Labute approximate surface area is 95.0 Å². The summed E-state index contributed by atoms with van der Waals surface area (Å²) in [5.74, 6) is -0.422. The minimum Gasteiger partial charge on any atom is -0.355 e. The van der Waals surface area contributed by atoms with E-state index in [-0.39, 0.29) is 17.7 Å². The van der Waals surface area contributed by atoms with E-state index >= 15 is 0 Å². The number of para-hydroxylation sites is 1. The van der Waals surface area contributed by atoms with Gasteiger partial charge in [-0.05, 0) is 12.1 Å². The zero-order valence-electron chi connectivity index (χ0n) is 9.70. The van der Waals surface area contributed by atoms with Gasteiger partial charge in [0.15, 0.2) is 0 Å². The summed E-state index contributed by atoms with van der Waals surface area (Å²) in [4.78, 5) is 23.1. The molecule has 2 amide bonds. The number of amides is 2. The molecule has 1 aromatic carbocycles. The van der Waals surface area contributed by atoms with E-state index in [2.05, 4.69) is 10.6 Å². The molecule has 0 spiro atoms. The van der Waals surface area contributed by atoms with Crippen LogP contribution in [0.1, 0.15) is 24.2 Å². The molecule has 2 N–H and O–H groups in total. The molecule has 0 unspecified atom stereocenters. The third-order valence-corrected chi connectivity index (χ3v) is 2.18. The molecule has 0 aliphatic carbocycles. The van der Waals surface area contributed by atoms with Gasteiger partial charge < -0.3 is 10.6 Å². The summed E-state index contributed by atoms with van der Waals surface area (Å²) in [5, 5.41) is 5.26. The minimum atomic E-state index is -0.209.